The number of amides is 1. The van der Waals surface area contributed by atoms with Gasteiger partial charge in [0.1, 0.15) is 11.5 Å². The second-order valence-corrected chi connectivity index (χ2v) is 4.38. The summed E-state index contributed by atoms with van der Waals surface area (Å²) in [6.07, 6.45) is 0. The lowest BCUT2D eigenvalue weighted by Crippen LogP contribution is -2.12. The van der Waals surface area contributed by atoms with Crippen molar-refractivity contribution in [2.45, 2.75) is 13.5 Å². The first kappa shape index (κ1) is 13.8. The van der Waals surface area contributed by atoms with E-state index in [2.05, 4.69) is 20.7 Å². The van der Waals surface area contributed by atoms with Gasteiger partial charge in [-0.3, -0.25) is 10.1 Å². The summed E-state index contributed by atoms with van der Waals surface area (Å²) < 4.78 is 15.5. The van der Waals surface area contributed by atoms with Crippen molar-refractivity contribution in [3.05, 3.63) is 53.7 Å². The van der Waals surface area contributed by atoms with Gasteiger partial charge in [0.05, 0.1) is 0 Å². The largest absolute Gasteiger partial charge is 0.484 e. The molecule has 8 nitrogen and oxygen atoms in total. The smallest absolute Gasteiger partial charge is 0.322 e. The maximum atomic E-state index is 11.8. The van der Waals surface area contributed by atoms with Gasteiger partial charge >= 0.3 is 6.01 Å². The lowest BCUT2D eigenvalue weighted by molar-refractivity contribution is 0.101. The van der Waals surface area contributed by atoms with Crippen LogP contribution in [0.1, 0.15) is 22.1 Å². The van der Waals surface area contributed by atoms with E-state index in [1.165, 1.54) is 6.07 Å². The van der Waals surface area contributed by atoms with Crippen LogP contribution in [0, 0.1) is 6.92 Å². The minimum atomic E-state index is -0.490. The number of hydrogen-bond donors (Lipinski definition) is 1. The number of ether oxygens (including phenoxy) is 1. The van der Waals surface area contributed by atoms with Crippen LogP contribution in [-0.2, 0) is 6.61 Å². The van der Waals surface area contributed by atoms with Crippen LogP contribution in [0.4, 0.5) is 6.01 Å². The third-order valence-electron chi connectivity index (χ3n) is 2.65. The zero-order valence-corrected chi connectivity index (χ0v) is 11.6. The molecule has 3 rings (SSSR count). The minimum absolute atomic E-state index is 0.0303. The average molecular weight is 300 g/mol. The molecule has 0 aliphatic heterocycles. The summed E-state index contributed by atoms with van der Waals surface area (Å²) in [5.41, 5.74) is 0.137. The van der Waals surface area contributed by atoms with E-state index >= 15 is 0 Å². The fraction of sp³-hybridized carbons (Fsp3) is 0.143. The molecule has 2 aromatic heterocycles. The number of para-hydroxylation sites is 1. The summed E-state index contributed by atoms with van der Waals surface area (Å²) in [4.78, 5) is 11.8. The molecule has 0 fully saturated rings. The Morgan fingerprint density at radius 3 is 2.82 bits per heavy atom. The number of benzene rings is 1. The lowest BCUT2D eigenvalue weighted by atomic mass is 10.3. The van der Waals surface area contributed by atoms with Gasteiger partial charge in [0, 0.05) is 6.07 Å². The number of aryl methyl sites for hydroxylation is 1. The molecule has 0 aliphatic carbocycles. The standard InChI is InChI=1S/C14H12N4O4/c1-9-7-11(18-22-9)13(19)15-14-17-16-12(21-14)8-20-10-5-3-2-4-6-10/h2-7H,8H2,1H3,(H,15,17,19). The van der Waals surface area contributed by atoms with Gasteiger partial charge in [0.25, 0.3) is 11.8 Å². The first-order chi connectivity index (χ1) is 10.7. The topological polar surface area (TPSA) is 103 Å². The molecule has 0 aliphatic rings. The molecule has 3 aromatic rings. The predicted molar refractivity (Wildman–Crippen MR) is 74.3 cm³/mol. The fourth-order valence-corrected chi connectivity index (χ4v) is 1.66. The molecular weight excluding hydrogens is 288 g/mol. The highest BCUT2D eigenvalue weighted by molar-refractivity contribution is 6.01. The van der Waals surface area contributed by atoms with Crippen molar-refractivity contribution in [1.82, 2.24) is 15.4 Å². The van der Waals surface area contributed by atoms with Crippen molar-refractivity contribution < 1.29 is 18.5 Å². The van der Waals surface area contributed by atoms with Crippen LogP contribution in [0.5, 0.6) is 5.75 Å². The summed E-state index contributed by atoms with van der Waals surface area (Å²) in [5, 5.41) is 13.5. The molecule has 22 heavy (non-hydrogen) atoms. The van der Waals surface area contributed by atoms with Crippen molar-refractivity contribution in [3.63, 3.8) is 0 Å². The predicted octanol–water partition coefficient (Wildman–Crippen LogP) is 2.20. The van der Waals surface area contributed by atoms with Gasteiger partial charge in [-0.1, -0.05) is 28.5 Å². The molecule has 2 heterocycles. The molecule has 8 heteroatoms. The van der Waals surface area contributed by atoms with Crippen LogP contribution in [0.2, 0.25) is 0 Å². The summed E-state index contributed by atoms with van der Waals surface area (Å²) in [6.45, 7) is 1.80. The molecule has 0 bridgehead atoms. The van der Waals surface area contributed by atoms with Gasteiger partial charge in [0.2, 0.25) is 0 Å². The van der Waals surface area contributed by atoms with Crippen molar-refractivity contribution >= 4 is 11.9 Å². The second kappa shape index (κ2) is 6.08. The third-order valence-corrected chi connectivity index (χ3v) is 2.65. The van der Waals surface area contributed by atoms with Gasteiger partial charge in [-0.2, -0.15) is 0 Å². The number of hydrogen-bond acceptors (Lipinski definition) is 7. The molecule has 0 radical (unpaired) electrons. The Morgan fingerprint density at radius 1 is 1.27 bits per heavy atom. The highest BCUT2D eigenvalue weighted by Crippen LogP contribution is 2.13. The number of rotatable bonds is 5. The van der Waals surface area contributed by atoms with E-state index in [1.54, 1.807) is 6.92 Å². The van der Waals surface area contributed by atoms with Crippen molar-refractivity contribution in [1.29, 1.82) is 0 Å². The Morgan fingerprint density at radius 2 is 2.09 bits per heavy atom. The average Bonchev–Trinajstić information content (AvgIpc) is 3.15. The van der Waals surface area contributed by atoms with Gasteiger partial charge < -0.3 is 13.7 Å². The van der Waals surface area contributed by atoms with Crippen LogP contribution < -0.4 is 10.1 Å². The lowest BCUT2D eigenvalue weighted by Gasteiger charge is -2.01. The van der Waals surface area contributed by atoms with Gasteiger partial charge in [-0.25, -0.2) is 0 Å². The van der Waals surface area contributed by atoms with Gasteiger partial charge in [-0.15, -0.1) is 5.10 Å². The normalized spacial score (nSPS) is 10.4. The minimum Gasteiger partial charge on any atom is -0.484 e. The fourth-order valence-electron chi connectivity index (χ4n) is 1.66. The van der Waals surface area contributed by atoms with E-state index in [-0.39, 0.29) is 24.2 Å². The highest BCUT2D eigenvalue weighted by Gasteiger charge is 2.15. The number of nitrogens with one attached hydrogen (secondary N) is 1. The van der Waals surface area contributed by atoms with Crippen molar-refractivity contribution in [3.8, 4) is 5.75 Å². The summed E-state index contributed by atoms with van der Waals surface area (Å²) in [6, 6.07) is 10.7. The highest BCUT2D eigenvalue weighted by atomic mass is 16.5. The van der Waals surface area contributed by atoms with Crippen molar-refractivity contribution in [2.24, 2.45) is 0 Å². The number of carbonyl (C=O) groups is 1. The van der Waals surface area contributed by atoms with Crippen LogP contribution in [0.15, 0.2) is 45.3 Å². The Hall–Kier alpha value is -3.16. The number of nitrogens with zero attached hydrogens (tertiary/aromatic N) is 3. The molecule has 1 amide bonds. The van der Waals surface area contributed by atoms with Crippen LogP contribution in [0.25, 0.3) is 0 Å². The maximum absolute atomic E-state index is 11.8. The van der Waals surface area contributed by atoms with E-state index in [0.29, 0.717) is 11.5 Å². The van der Waals surface area contributed by atoms with E-state index in [4.69, 9.17) is 13.7 Å². The van der Waals surface area contributed by atoms with Gasteiger partial charge in [0.15, 0.2) is 12.3 Å². The molecule has 0 spiro atoms. The molecule has 0 atom stereocenters. The number of aromatic nitrogens is 3. The van der Waals surface area contributed by atoms with Crippen LogP contribution >= 0.6 is 0 Å². The van der Waals surface area contributed by atoms with Crippen LogP contribution in [-0.4, -0.2) is 21.3 Å². The zero-order valence-electron chi connectivity index (χ0n) is 11.6. The Kier molecular flexibility index (Phi) is 3.82. The third kappa shape index (κ3) is 3.29. The Labute approximate surface area is 125 Å². The molecule has 112 valence electrons. The van der Waals surface area contributed by atoms with E-state index in [9.17, 15) is 4.79 Å². The summed E-state index contributed by atoms with van der Waals surface area (Å²) >= 11 is 0. The van der Waals surface area contributed by atoms with E-state index < -0.39 is 5.91 Å². The SMILES string of the molecule is Cc1cc(C(=O)Nc2nnc(COc3ccccc3)o2)no1. The molecule has 0 unspecified atom stereocenters. The molecule has 0 saturated carbocycles. The van der Waals surface area contributed by atoms with Gasteiger partial charge in [-0.05, 0) is 19.1 Å². The summed E-state index contributed by atoms with van der Waals surface area (Å²) in [5.74, 6) is 0.975. The zero-order chi connectivity index (χ0) is 15.4. The van der Waals surface area contributed by atoms with E-state index in [0.717, 1.165) is 0 Å². The number of carbonyl (C=O) groups excluding carboxylic acids is 1. The number of anilines is 1. The summed E-state index contributed by atoms with van der Waals surface area (Å²) in [7, 11) is 0. The Bertz CT molecular complexity index is 766. The first-order valence-corrected chi connectivity index (χ1v) is 6.45. The molecular formula is C14H12N4O4. The molecule has 1 aromatic carbocycles. The monoisotopic (exact) mass is 300 g/mol. The van der Waals surface area contributed by atoms with Crippen molar-refractivity contribution in [2.75, 3.05) is 5.32 Å². The quantitative estimate of drug-likeness (QED) is 0.770. The Balaban J connectivity index is 1.58. The first-order valence-electron chi connectivity index (χ1n) is 6.45. The van der Waals surface area contributed by atoms with Crippen LogP contribution in [0.3, 0.4) is 0 Å². The molecule has 0 saturated heterocycles. The van der Waals surface area contributed by atoms with E-state index in [1.807, 2.05) is 30.3 Å². The second-order valence-electron chi connectivity index (χ2n) is 4.38. The molecule has 1 N–H and O–H groups in total. The maximum Gasteiger partial charge on any atom is 0.322 e.